The summed E-state index contributed by atoms with van der Waals surface area (Å²) in [6.45, 7) is 3.78. The van der Waals surface area contributed by atoms with E-state index in [1.165, 1.54) is 11.3 Å². The van der Waals surface area contributed by atoms with Crippen LogP contribution in [0.1, 0.15) is 35.0 Å². The predicted molar refractivity (Wildman–Crippen MR) is 119 cm³/mol. The van der Waals surface area contributed by atoms with Gasteiger partial charge >= 0.3 is 11.9 Å². The highest BCUT2D eigenvalue weighted by atomic mass is 32.1. The average molecular weight is 444 g/mol. The Bertz CT molecular complexity index is 1010. The van der Waals surface area contributed by atoms with Gasteiger partial charge in [0.05, 0.1) is 25.6 Å². The molecule has 0 saturated carbocycles. The fraction of sp³-hybridized carbons (Fsp3) is 0.348. The largest absolute Gasteiger partial charge is 0.497 e. The van der Waals surface area contributed by atoms with Crippen LogP contribution in [-0.4, -0.2) is 36.7 Å². The number of thiophene rings is 1. The molecule has 2 atom stereocenters. The lowest BCUT2D eigenvalue weighted by atomic mass is 9.82. The van der Waals surface area contributed by atoms with Gasteiger partial charge < -0.3 is 19.9 Å². The van der Waals surface area contributed by atoms with Crippen LogP contribution in [0.15, 0.2) is 36.4 Å². The third-order valence-corrected chi connectivity index (χ3v) is 6.29. The molecule has 0 unspecified atom stereocenters. The summed E-state index contributed by atoms with van der Waals surface area (Å²) >= 11 is 1.27. The first kappa shape index (κ1) is 22.6. The second-order valence-corrected chi connectivity index (χ2v) is 8.39. The Labute approximate surface area is 184 Å². The molecule has 3 rings (SSSR count). The van der Waals surface area contributed by atoms with Crippen LogP contribution in [-0.2, 0) is 14.3 Å². The predicted octanol–water partition coefficient (Wildman–Crippen LogP) is 4.51. The summed E-state index contributed by atoms with van der Waals surface area (Å²) in [6, 6.07) is 7.28. The highest BCUT2D eigenvalue weighted by Gasteiger charge is 2.35. The number of nitrogens with one attached hydrogen (secondary N) is 1. The van der Waals surface area contributed by atoms with Crippen LogP contribution in [0.2, 0.25) is 0 Å². The third-order valence-electron chi connectivity index (χ3n) is 5.27. The first-order chi connectivity index (χ1) is 14.9. The van der Waals surface area contributed by atoms with Gasteiger partial charge in [-0.15, -0.1) is 11.3 Å². The van der Waals surface area contributed by atoms with Gasteiger partial charge in [-0.1, -0.05) is 24.3 Å². The van der Waals surface area contributed by atoms with Crippen molar-refractivity contribution in [3.63, 3.8) is 0 Å². The molecule has 2 aromatic rings. The van der Waals surface area contributed by atoms with Crippen molar-refractivity contribution in [1.29, 1.82) is 0 Å². The van der Waals surface area contributed by atoms with E-state index in [1.54, 1.807) is 32.2 Å². The maximum Gasteiger partial charge on any atom is 0.341 e. The van der Waals surface area contributed by atoms with Gasteiger partial charge in [-0.25, -0.2) is 4.79 Å². The fourth-order valence-electron chi connectivity index (χ4n) is 3.72. The molecule has 1 amide bonds. The molecular weight excluding hydrogens is 418 g/mol. The molecule has 1 aromatic carbocycles. The lowest BCUT2D eigenvalue weighted by Gasteiger charge is -2.24. The van der Waals surface area contributed by atoms with Crippen molar-refractivity contribution in [3.8, 4) is 16.9 Å². The molecule has 2 N–H and O–H groups in total. The number of amides is 1. The summed E-state index contributed by atoms with van der Waals surface area (Å²) < 4.78 is 10.5. The molecule has 31 heavy (non-hydrogen) atoms. The summed E-state index contributed by atoms with van der Waals surface area (Å²) in [7, 11) is 1.58. The van der Waals surface area contributed by atoms with Crippen LogP contribution in [0.4, 0.5) is 5.00 Å². The van der Waals surface area contributed by atoms with E-state index in [0.29, 0.717) is 29.2 Å². The van der Waals surface area contributed by atoms with Crippen molar-refractivity contribution in [2.24, 2.45) is 11.8 Å². The summed E-state index contributed by atoms with van der Waals surface area (Å²) in [4.78, 5) is 38.2. The van der Waals surface area contributed by atoms with E-state index in [1.807, 2.05) is 25.1 Å². The molecule has 1 aliphatic carbocycles. The number of carbonyl (C=O) groups excluding carboxylic acids is 2. The molecule has 0 saturated heterocycles. The topological polar surface area (TPSA) is 102 Å². The van der Waals surface area contributed by atoms with Crippen molar-refractivity contribution in [2.45, 2.75) is 26.7 Å². The molecule has 164 valence electrons. The zero-order valence-corrected chi connectivity index (χ0v) is 18.5. The van der Waals surface area contributed by atoms with Gasteiger partial charge in [-0.05, 0) is 44.4 Å². The number of anilines is 1. The Kier molecular flexibility index (Phi) is 7.12. The Morgan fingerprint density at radius 3 is 2.35 bits per heavy atom. The van der Waals surface area contributed by atoms with Crippen LogP contribution in [0.3, 0.4) is 0 Å². The van der Waals surface area contributed by atoms with E-state index >= 15 is 0 Å². The molecule has 0 aliphatic heterocycles. The van der Waals surface area contributed by atoms with Crippen LogP contribution >= 0.6 is 11.3 Å². The van der Waals surface area contributed by atoms with Gasteiger partial charge in [-0.3, -0.25) is 9.59 Å². The maximum absolute atomic E-state index is 13.0. The van der Waals surface area contributed by atoms with Gasteiger partial charge in [0.1, 0.15) is 16.3 Å². The fourth-order valence-corrected chi connectivity index (χ4v) is 4.78. The van der Waals surface area contributed by atoms with Gasteiger partial charge in [-0.2, -0.15) is 0 Å². The first-order valence-corrected chi connectivity index (χ1v) is 10.8. The van der Waals surface area contributed by atoms with Gasteiger partial charge in [0.2, 0.25) is 5.91 Å². The van der Waals surface area contributed by atoms with E-state index in [0.717, 1.165) is 10.4 Å². The summed E-state index contributed by atoms with van der Waals surface area (Å²) in [5, 5.41) is 12.7. The monoisotopic (exact) mass is 443 g/mol. The standard InChI is InChI=1S/C23H25NO6S/c1-4-30-23(28)19-18(14-9-11-15(29-3)12-10-14)13(2)31-21(19)24-20(25)16-7-5-6-8-17(16)22(26)27/h5-6,9-12,16-17H,4,7-8H2,1-3H3,(H,24,25)(H,26,27)/t16-,17-/m1/s1. The molecule has 0 fully saturated rings. The number of carbonyl (C=O) groups is 3. The Hall–Kier alpha value is -3.13. The SMILES string of the molecule is CCOC(=O)c1c(NC(=O)[C@@H]2CC=CC[C@H]2C(=O)O)sc(C)c1-c1ccc(OC)cc1. The molecule has 1 aliphatic rings. The van der Waals surface area contributed by atoms with Crippen molar-refractivity contribution >= 4 is 34.2 Å². The Morgan fingerprint density at radius 1 is 1.13 bits per heavy atom. The lowest BCUT2D eigenvalue weighted by Crippen LogP contribution is -2.34. The molecular formula is C23H25NO6S. The molecule has 8 heteroatoms. The Morgan fingerprint density at radius 2 is 1.77 bits per heavy atom. The van der Waals surface area contributed by atoms with Crippen LogP contribution in [0.5, 0.6) is 5.75 Å². The number of carboxylic acids is 1. The Balaban J connectivity index is 1.99. The molecule has 0 bridgehead atoms. The van der Waals surface area contributed by atoms with Crippen molar-refractivity contribution < 1.29 is 29.0 Å². The van der Waals surface area contributed by atoms with Gasteiger partial charge in [0.15, 0.2) is 0 Å². The number of hydrogen-bond acceptors (Lipinski definition) is 6. The highest BCUT2D eigenvalue weighted by Crippen LogP contribution is 2.41. The van der Waals surface area contributed by atoms with E-state index in [9.17, 15) is 19.5 Å². The number of methoxy groups -OCH3 is 1. The zero-order valence-electron chi connectivity index (χ0n) is 17.6. The van der Waals surface area contributed by atoms with Crippen LogP contribution < -0.4 is 10.1 Å². The van der Waals surface area contributed by atoms with Crippen molar-refractivity contribution in [3.05, 3.63) is 46.9 Å². The first-order valence-electron chi connectivity index (χ1n) is 10.0. The number of aryl methyl sites for hydroxylation is 1. The van der Waals surface area contributed by atoms with Crippen LogP contribution in [0.25, 0.3) is 11.1 Å². The van der Waals surface area contributed by atoms with E-state index in [4.69, 9.17) is 9.47 Å². The molecule has 0 radical (unpaired) electrons. The maximum atomic E-state index is 13.0. The number of rotatable bonds is 7. The summed E-state index contributed by atoms with van der Waals surface area (Å²) in [5.74, 6) is -2.76. The smallest absolute Gasteiger partial charge is 0.341 e. The minimum Gasteiger partial charge on any atom is -0.497 e. The minimum atomic E-state index is -1.00. The molecule has 0 spiro atoms. The highest BCUT2D eigenvalue weighted by molar-refractivity contribution is 7.17. The van der Waals surface area contributed by atoms with E-state index in [2.05, 4.69) is 5.32 Å². The lowest BCUT2D eigenvalue weighted by molar-refractivity contribution is -0.146. The zero-order chi connectivity index (χ0) is 22.5. The second-order valence-electron chi connectivity index (χ2n) is 7.17. The number of esters is 1. The molecule has 1 aromatic heterocycles. The summed E-state index contributed by atoms with van der Waals surface area (Å²) in [6.07, 6.45) is 4.24. The van der Waals surface area contributed by atoms with Crippen molar-refractivity contribution in [1.82, 2.24) is 0 Å². The minimum absolute atomic E-state index is 0.192. The molecule has 1 heterocycles. The van der Waals surface area contributed by atoms with Crippen molar-refractivity contribution in [2.75, 3.05) is 19.0 Å². The number of hydrogen-bond donors (Lipinski definition) is 2. The number of carboxylic acid groups (broad SMARTS) is 1. The van der Waals surface area contributed by atoms with Gasteiger partial charge in [0, 0.05) is 10.4 Å². The second kappa shape index (κ2) is 9.78. The summed E-state index contributed by atoms with van der Waals surface area (Å²) in [5.41, 5.74) is 1.75. The average Bonchev–Trinajstić information content (AvgIpc) is 3.09. The number of benzene rings is 1. The third kappa shape index (κ3) is 4.80. The van der Waals surface area contributed by atoms with E-state index in [-0.39, 0.29) is 12.2 Å². The molecule has 7 nitrogen and oxygen atoms in total. The van der Waals surface area contributed by atoms with E-state index < -0.39 is 29.7 Å². The number of aliphatic carboxylic acids is 1. The number of ether oxygens (including phenoxy) is 2. The normalized spacial score (nSPS) is 17.8. The van der Waals surface area contributed by atoms with Crippen LogP contribution in [0, 0.1) is 18.8 Å². The quantitative estimate of drug-likeness (QED) is 0.482. The number of allylic oxidation sites excluding steroid dienone is 2. The van der Waals surface area contributed by atoms with Gasteiger partial charge in [0.25, 0.3) is 0 Å².